The number of alkyl halides is 3. The van der Waals surface area contributed by atoms with Crippen molar-refractivity contribution in [3.8, 4) is 5.75 Å². The van der Waals surface area contributed by atoms with Gasteiger partial charge in [0, 0.05) is 22.4 Å². The monoisotopic (exact) mass is 337 g/mol. The van der Waals surface area contributed by atoms with Gasteiger partial charge in [-0.2, -0.15) is 13.2 Å². The standard InChI is InChI=1S/C17H14F3NO3/c1-9-11-6-5-10(17(18,19)20)7-15(11)24-16(9,23)13-3-2-4-14(21)12(13)8-22/h2-9,23H,21H2,1H3. The molecule has 2 atom stereocenters. The molecule has 0 fully saturated rings. The summed E-state index contributed by atoms with van der Waals surface area (Å²) in [5.41, 5.74) is 5.61. The highest BCUT2D eigenvalue weighted by molar-refractivity contribution is 5.86. The largest absolute Gasteiger partial charge is 0.457 e. The first kappa shape index (κ1) is 16.3. The first-order chi connectivity index (χ1) is 11.2. The summed E-state index contributed by atoms with van der Waals surface area (Å²) in [5.74, 6) is -2.73. The van der Waals surface area contributed by atoms with Gasteiger partial charge in [-0.3, -0.25) is 4.79 Å². The zero-order valence-corrected chi connectivity index (χ0v) is 12.6. The summed E-state index contributed by atoms with van der Waals surface area (Å²) in [5, 5.41) is 11.0. The molecule has 4 nitrogen and oxygen atoms in total. The van der Waals surface area contributed by atoms with Crippen LogP contribution in [0.1, 0.15) is 39.9 Å². The number of ether oxygens (including phenoxy) is 1. The van der Waals surface area contributed by atoms with Crippen molar-refractivity contribution in [2.45, 2.75) is 24.8 Å². The molecule has 0 amide bonds. The maximum Gasteiger partial charge on any atom is 0.416 e. The zero-order valence-electron chi connectivity index (χ0n) is 12.6. The molecule has 24 heavy (non-hydrogen) atoms. The number of carbonyl (C=O) groups excluding carboxylic acids is 1. The third-order valence-electron chi connectivity index (χ3n) is 4.30. The van der Waals surface area contributed by atoms with Gasteiger partial charge < -0.3 is 15.6 Å². The summed E-state index contributed by atoms with van der Waals surface area (Å²) < 4.78 is 44.0. The smallest absolute Gasteiger partial charge is 0.416 e. The molecule has 2 aromatic rings. The van der Waals surface area contributed by atoms with E-state index in [1.54, 1.807) is 6.92 Å². The molecule has 3 rings (SSSR count). The second-order valence-electron chi connectivity index (χ2n) is 5.70. The summed E-state index contributed by atoms with van der Waals surface area (Å²) in [7, 11) is 0. The summed E-state index contributed by atoms with van der Waals surface area (Å²) in [4.78, 5) is 11.3. The van der Waals surface area contributed by atoms with E-state index in [-0.39, 0.29) is 22.6 Å². The van der Waals surface area contributed by atoms with Crippen LogP contribution in [-0.4, -0.2) is 11.4 Å². The molecule has 0 saturated heterocycles. The van der Waals surface area contributed by atoms with Gasteiger partial charge in [-0.25, -0.2) is 0 Å². The fraction of sp³-hybridized carbons (Fsp3) is 0.235. The zero-order chi connectivity index (χ0) is 17.7. The lowest BCUT2D eigenvalue weighted by atomic mass is 9.86. The summed E-state index contributed by atoms with van der Waals surface area (Å²) in [6.07, 6.45) is -4.03. The molecule has 0 aliphatic carbocycles. The number of aldehydes is 1. The average molecular weight is 337 g/mol. The van der Waals surface area contributed by atoms with Gasteiger partial charge in [0.1, 0.15) is 5.75 Å². The molecule has 3 N–H and O–H groups in total. The molecule has 0 aromatic heterocycles. The van der Waals surface area contributed by atoms with Crippen molar-refractivity contribution in [3.05, 3.63) is 58.7 Å². The number of anilines is 1. The molecule has 1 aliphatic heterocycles. The van der Waals surface area contributed by atoms with E-state index in [9.17, 15) is 23.1 Å². The van der Waals surface area contributed by atoms with Gasteiger partial charge in [-0.05, 0) is 18.2 Å². The van der Waals surface area contributed by atoms with E-state index in [2.05, 4.69) is 0 Å². The van der Waals surface area contributed by atoms with Crippen LogP contribution >= 0.6 is 0 Å². The Bertz CT molecular complexity index is 819. The maximum atomic E-state index is 12.9. The Hall–Kier alpha value is -2.54. The lowest BCUT2D eigenvalue weighted by Crippen LogP contribution is -2.35. The lowest BCUT2D eigenvalue weighted by Gasteiger charge is -2.28. The van der Waals surface area contributed by atoms with Gasteiger partial charge in [0.05, 0.1) is 11.5 Å². The Balaban J connectivity index is 2.12. The van der Waals surface area contributed by atoms with E-state index in [1.807, 2.05) is 0 Å². The Kier molecular flexibility index (Phi) is 3.56. The highest BCUT2D eigenvalue weighted by Gasteiger charge is 2.48. The van der Waals surface area contributed by atoms with Gasteiger partial charge in [0.2, 0.25) is 5.79 Å². The second-order valence-corrected chi connectivity index (χ2v) is 5.70. The van der Waals surface area contributed by atoms with E-state index in [4.69, 9.17) is 10.5 Å². The predicted molar refractivity (Wildman–Crippen MR) is 80.6 cm³/mol. The minimum atomic E-state index is -4.52. The Labute approximate surface area is 135 Å². The number of hydrogen-bond acceptors (Lipinski definition) is 4. The van der Waals surface area contributed by atoms with Crippen molar-refractivity contribution in [2.24, 2.45) is 0 Å². The minimum absolute atomic E-state index is 0.0516. The quantitative estimate of drug-likeness (QED) is 0.650. The van der Waals surface area contributed by atoms with Crippen LogP contribution < -0.4 is 10.5 Å². The summed E-state index contributed by atoms with van der Waals surface area (Å²) in [6, 6.07) is 7.54. The second kappa shape index (κ2) is 5.24. The number of aliphatic hydroxyl groups is 1. The van der Waals surface area contributed by atoms with Crippen molar-refractivity contribution in [1.82, 2.24) is 0 Å². The number of rotatable bonds is 2. The molecule has 0 radical (unpaired) electrons. The molecule has 7 heteroatoms. The summed E-state index contributed by atoms with van der Waals surface area (Å²) >= 11 is 0. The number of benzene rings is 2. The number of nitrogens with two attached hydrogens (primary N) is 1. The van der Waals surface area contributed by atoms with Crippen LogP contribution in [-0.2, 0) is 12.0 Å². The SMILES string of the molecule is CC1c2ccc(C(F)(F)F)cc2OC1(O)c1cccc(N)c1C=O. The Morgan fingerprint density at radius 3 is 2.62 bits per heavy atom. The minimum Gasteiger partial charge on any atom is -0.457 e. The van der Waals surface area contributed by atoms with Crippen molar-refractivity contribution in [2.75, 3.05) is 5.73 Å². The van der Waals surface area contributed by atoms with Crippen molar-refractivity contribution >= 4 is 12.0 Å². The molecule has 0 saturated carbocycles. The number of carbonyl (C=O) groups is 1. The van der Waals surface area contributed by atoms with Crippen LogP contribution in [0.3, 0.4) is 0 Å². The first-order valence-electron chi connectivity index (χ1n) is 7.15. The fourth-order valence-electron chi connectivity index (χ4n) is 2.94. The van der Waals surface area contributed by atoms with Gasteiger partial charge in [-0.15, -0.1) is 0 Å². The van der Waals surface area contributed by atoms with Crippen LogP contribution in [0.5, 0.6) is 5.75 Å². The van der Waals surface area contributed by atoms with Gasteiger partial charge in [0.15, 0.2) is 6.29 Å². The van der Waals surface area contributed by atoms with Crippen molar-refractivity contribution < 1.29 is 27.8 Å². The topological polar surface area (TPSA) is 72.6 Å². The molecule has 1 aliphatic rings. The number of fused-ring (bicyclic) bond motifs is 1. The third-order valence-corrected chi connectivity index (χ3v) is 4.30. The molecule has 126 valence electrons. The Morgan fingerprint density at radius 2 is 2.00 bits per heavy atom. The van der Waals surface area contributed by atoms with E-state index >= 15 is 0 Å². The molecule has 0 spiro atoms. The van der Waals surface area contributed by atoms with E-state index in [0.717, 1.165) is 12.1 Å². The molecular weight excluding hydrogens is 323 g/mol. The maximum absolute atomic E-state index is 12.9. The van der Waals surface area contributed by atoms with Crippen LogP contribution in [0, 0.1) is 0 Å². The highest BCUT2D eigenvalue weighted by Crippen LogP contribution is 2.50. The molecule has 0 bridgehead atoms. The lowest BCUT2D eigenvalue weighted by molar-refractivity contribution is -0.147. The number of halogens is 3. The number of hydrogen-bond donors (Lipinski definition) is 2. The molecular formula is C17H14F3NO3. The van der Waals surface area contributed by atoms with Crippen LogP contribution in [0.25, 0.3) is 0 Å². The normalized spacial score (nSPS) is 22.8. The van der Waals surface area contributed by atoms with Gasteiger partial charge in [-0.1, -0.05) is 25.1 Å². The summed E-state index contributed by atoms with van der Waals surface area (Å²) in [6.45, 7) is 1.61. The van der Waals surface area contributed by atoms with Crippen molar-refractivity contribution in [1.29, 1.82) is 0 Å². The number of nitrogen functional groups attached to an aromatic ring is 1. The first-order valence-corrected chi connectivity index (χ1v) is 7.15. The van der Waals surface area contributed by atoms with E-state index in [0.29, 0.717) is 11.8 Å². The van der Waals surface area contributed by atoms with E-state index < -0.39 is 23.4 Å². The van der Waals surface area contributed by atoms with Crippen LogP contribution in [0.15, 0.2) is 36.4 Å². The van der Waals surface area contributed by atoms with Crippen LogP contribution in [0.2, 0.25) is 0 Å². The molecule has 2 unspecified atom stereocenters. The van der Waals surface area contributed by atoms with Gasteiger partial charge in [0.25, 0.3) is 0 Å². The molecule has 2 aromatic carbocycles. The fourth-order valence-corrected chi connectivity index (χ4v) is 2.94. The van der Waals surface area contributed by atoms with Crippen LogP contribution in [0.4, 0.5) is 18.9 Å². The Morgan fingerprint density at radius 1 is 1.29 bits per heavy atom. The predicted octanol–water partition coefficient (Wildman–Crippen LogP) is 3.44. The van der Waals surface area contributed by atoms with E-state index in [1.165, 1.54) is 24.3 Å². The molecule has 1 heterocycles. The third kappa shape index (κ3) is 2.32. The highest BCUT2D eigenvalue weighted by atomic mass is 19.4. The van der Waals surface area contributed by atoms with Crippen molar-refractivity contribution in [3.63, 3.8) is 0 Å². The average Bonchev–Trinajstić information content (AvgIpc) is 2.78. The van der Waals surface area contributed by atoms with Gasteiger partial charge >= 0.3 is 6.18 Å².